The Kier molecular flexibility index (Phi) is 10.7. The summed E-state index contributed by atoms with van der Waals surface area (Å²) >= 11 is 0.526. The predicted octanol–water partition coefficient (Wildman–Crippen LogP) is 5.69. The number of amides is 1. The van der Waals surface area contributed by atoms with Crippen molar-refractivity contribution in [3.8, 4) is 0 Å². The molecule has 0 spiro atoms. The van der Waals surface area contributed by atoms with Crippen molar-refractivity contribution in [2.75, 3.05) is 51.3 Å². The van der Waals surface area contributed by atoms with Crippen LogP contribution in [-0.4, -0.2) is 78.6 Å². The molecule has 0 aliphatic carbocycles. The third kappa shape index (κ3) is 8.67. The Balaban J connectivity index is 1.57. The van der Waals surface area contributed by atoms with Crippen molar-refractivity contribution in [1.82, 2.24) is 9.80 Å². The molecule has 234 valence electrons. The smallest absolute Gasteiger partial charge is 0.396 e. The van der Waals surface area contributed by atoms with Gasteiger partial charge in [0.1, 0.15) is 0 Å². The molecule has 2 aliphatic rings. The number of carbonyl (C=O) groups is 2. The van der Waals surface area contributed by atoms with Gasteiger partial charge >= 0.3 is 12.4 Å². The fraction of sp³-hybridized carbons (Fsp3) is 0.448. The average molecular weight is 632 g/mol. The van der Waals surface area contributed by atoms with Gasteiger partial charge in [-0.2, -0.15) is 26.3 Å². The van der Waals surface area contributed by atoms with Gasteiger partial charge in [-0.25, -0.2) is 0 Å². The molecule has 0 saturated carbocycles. The number of benzene rings is 2. The summed E-state index contributed by atoms with van der Waals surface area (Å²) in [6, 6.07) is 7.97. The standard InChI is InChI=1S/C29H31F6N3O4S/c30-28(31,32)26-22(23(40)8-10-37-13-16-42-17-14-37)4-5-24(27(26)29(33,34)35)43-21-3-1-2-20(18-21)36-19-6-11-38(12-7-19)25(41)9-15-39/h1-5,8,10,18-19,36,39H,6-7,9,11-17H2. The Morgan fingerprint density at radius 3 is 2.28 bits per heavy atom. The van der Waals surface area contributed by atoms with Gasteiger partial charge in [-0.3, -0.25) is 9.59 Å². The number of nitrogens with zero attached hydrogens (tertiary/aromatic N) is 2. The Bertz CT molecular complexity index is 1320. The molecule has 1 amide bonds. The van der Waals surface area contributed by atoms with Gasteiger partial charge in [0, 0.05) is 72.0 Å². The normalized spacial score (nSPS) is 17.0. The lowest BCUT2D eigenvalue weighted by atomic mass is 9.96. The van der Waals surface area contributed by atoms with Crippen LogP contribution in [0.5, 0.6) is 0 Å². The van der Waals surface area contributed by atoms with Crippen molar-refractivity contribution in [1.29, 1.82) is 0 Å². The summed E-state index contributed by atoms with van der Waals surface area (Å²) in [4.78, 5) is 27.6. The zero-order valence-corrected chi connectivity index (χ0v) is 23.8. The number of allylic oxidation sites excluding steroid dienone is 1. The highest BCUT2D eigenvalue weighted by Crippen LogP contribution is 2.48. The molecule has 2 aliphatic heterocycles. The van der Waals surface area contributed by atoms with E-state index in [-0.39, 0.29) is 29.9 Å². The first-order valence-electron chi connectivity index (χ1n) is 13.7. The molecule has 0 unspecified atom stereocenters. The second-order valence-corrected chi connectivity index (χ2v) is 11.2. The number of piperidine rings is 1. The van der Waals surface area contributed by atoms with E-state index in [1.807, 2.05) is 0 Å². The van der Waals surface area contributed by atoms with Crippen molar-refractivity contribution < 1.29 is 45.8 Å². The van der Waals surface area contributed by atoms with Crippen LogP contribution in [0.2, 0.25) is 0 Å². The first-order chi connectivity index (χ1) is 20.4. The second kappa shape index (κ2) is 14.0. The molecule has 0 radical (unpaired) electrons. The van der Waals surface area contributed by atoms with Crippen LogP contribution in [0.4, 0.5) is 32.0 Å². The molecule has 0 atom stereocenters. The highest BCUT2D eigenvalue weighted by Gasteiger charge is 2.47. The fourth-order valence-corrected chi connectivity index (χ4v) is 6.02. The van der Waals surface area contributed by atoms with Crippen LogP contribution in [0.15, 0.2) is 58.5 Å². The number of anilines is 1. The molecule has 2 N–H and O–H groups in total. The summed E-state index contributed by atoms with van der Waals surface area (Å²) in [5.41, 5.74) is -4.44. The van der Waals surface area contributed by atoms with E-state index in [1.165, 1.54) is 12.3 Å². The summed E-state index contributed by atoms with van der Waals surface area (Å²) in [6.07, 6.45) is -7.45. The van der Waals surface area contributed by atoms with Crippen LogP contribution in [0.25, 0.3) is 0 Å². The van der Waals surface area contributed by atoms with E-state index in [4.69, 9.17) is 9.84 Å². The zero-order chi connectivity index (χ0) is 31.2. The average Bonchev–Trinajstić information content (AvgIpc) is 2.96. The minimum Gasteiger partial charge on any atom is -0.396 e. The molecule has 2 fully saturated rings. The molecule has 0 aromatic heterocycles. The molecule has 7 nitrogen and oxygen atoms in total. The molecule has 2 aromatic carbocycles. The van der Waals surface area contributed by atoms with Crippen molar-refractivity contribution in [2.24, 2.45) is 0 Å². The molecule has 2 heterocycles. The topological polar surface area (TPSA) is 82.1 Å². The van der Waals surface area contributed by atoms with Gasteiger partial charge in [-0.1, -0.05) is 17.8 Å². The maximum atomic E-state index is 14.3. The molecule has 4 rings (SSSR count). The largest absolute Gasteiger partial charge is 0.418 e. The van der Waals surface area contributed by atoms with Crippen LogP contribution < -0.4 is 5.32 Å². The number of aliphatic hydroxyl groups excluding tert-OH is 1. The highest BCUT2D eigenvalue weighted by atomic mass is 32.2. The zero-order valence-electron chi connectivity index (χ0n) is 23.0. The number of alkyl halides is 6. The van der Waals surface area contributed by atoms with Gasteiger partial charge in [0.05, 0.1) is 30.9 Å². The van der Waals surface area contributed by atoms with Crippen molar-refractivity contribution >= 4 is 29.1 Å². The molecule has 43 heavy (non-hydrogen) atoms. The van der Waals surface area contributed by atoms with E-state index in [0.29, 0.717) is 69.7 Å². The van der Waals surface area contributed by atoms with Gasteiger partial charge in [0.2, 0.25) is 5.91 Å². The number of carbonyl (C=O) groups excluding carboxylic acids is 2. The Labute approximate surface area is 248 Å². The van der Waals surface area contributed by atoms with Crippen molar-refractivity contribution in [3.05, 3.63) is 65.4 Å². The summed E-state index contributed by atoms with van der Waals surface area (Å²) in [7, 11) is 0. The van der Waals surface area contributed by atoms with Gasteiger partial charge in [0.15, 0.2) is 5.78 Å². The van der Waals surface area contributed by atoms with E-state index in [1.54, 1.807) is 28.0 Å². The minimum atomic E-state index is -5.45. The van der Waals surface area contributed by atoms with Crippen LogP contribution in [0, 0.1) is 0 Å². The maximum Gasteiger partial charge on any atom is 0.418 e. The number of rotatable bonds is 9. The van der Waals surface area contributed by atoms with Crippen molar-refractivity contribution in [3.63, 3.8) is 0 Å². The number of halogens is 6. The first-order valence-corrected chi connectivity index (χ1v) is 14.5. The summed E-state index contributed by atoms with van der Waals surface area (Å²) < 4.78 is 90.6. The number of ketones is 1. The van der Waals surface area contributed by atoms with Crippen LogP contribution in [0.1, 0.15) is 40.7 Å². The molecule has 14 heteroatoms. The second-order valence-electron chi connectivity index (χ2n) is 10.1. The molecule has 2 saturated heterocycles. The lowest BCUT2D eigenvalue weighted by Crippen LogP contribution is -2.42. The van der Waals surface area contributed by atoms with E-state index < -0.39 is 39.7 Å². The van der Waals surface area contributed by atoms with E-state index in [2.05, 4.69) is 5.32 Å². The number of likely N-dealkylation sites (tertiary alicyclic amines) is 1. The van der Waals surface area contributed by atoms with Crippen LogP contribution in [-0.2, 0) is 21.9 Å². The van der Waals surface area contributed by atoms with Gasteiger partial charge in [-0.05, 0) is 43.2 Å². The molecular weight excluding hydrogens is 600 g/mol. The monoisotopic (exact) mass is 631 g/mol. The number of ether oxygens (including phenoxy) is 1. The number of morpholine rings is 1. The number of hydrogen-bond acceptors (Lipinski definition) is 7. The molecule has 0 bridgehead atoms. The third-order valence-corrected chi connectivity index (χ3v) is 8.14. The SMILES string of the molecule is O=C(C=CN1CCOCC1)c1ccc(Sc2cccc(NC3CCN(C(=O)CCO)CC3)c2)c(C(F)(F)F)c1C(F)(F)F. The van der Waals surface area contributed by atoms with E-state index in [0.717, 1.165) is 18.2 Å². The Morgan fingerprint density at radius 2 is 1.65 bits per heavy atom. The van der Waals surface area contributed by atoms with E-state index >= 15 is 0 Å². The lowest BCUT2D eigenvalue weighted by molar-refractivity contribution is -0.163. The first kappa shape index (κ1) is 32.7. The number of aliphatic hydroxyl groups is 1. The summed E-state index contributed by atoms with van der Waals surface area (Å²) in [5.74, 6) is -1.32. The van der Waals surface area contributed by atoms with Crippen LogP contribution >= 0.6 is 11.8 Å². The number of hydrogen-bond donors (Lipinski definition) is 2. The van der Waals surface area contributed by atoms with Crippen LogP contribution in [0.3, 0.4) is 0 Å². The summed E-state index contributed by atoms with van der Waals surface area (Å²) in [6.45, 7) is 2.25. The van der Waals surface area contributed by atoms with Gasteiger partial charge < -0.3 is 25.0 Å². The fourth-order valence-electron chi connectivity index (χ4n) is 4.98. The molecule has 2 aromatic rings. The quantitative estimate of drug-likeness (QED) is 0.209. The predicted molar refractivity (Wildman–Crippen MR) is 148 cm³/mol. The van der Waals surface area contributed by atoms with Gasteiger partial charge in [0.25, 0.3) is 0 Å². The maximum absolute atomic E-state index is 14.3. The number of nitrogens with one attached hydrogen (secondary N) is 1. The third-order valence-electron chi connectivity index (χ3n) is 7.09. The lowest BCUT2D eigenvalue weighted by Gasteiger charge is -2.33. The molecular formula is C29H31F6N3O4S. The highest BCUT2D eigenvalue weighted by molar-refractivity contribution is 7.99. The Morgan fingerprint density at radius 1 is 0.977 bits per heavy atom. The van der Waals surface area contributed by atoms with E-state index in [9.17, 15) is 35.9 Å². The Hall–Kier alpha value is -3.23. The van der Waals surface area contributed by atoms with Gasteiger partial charge in [-0.15, -0.1) is 0 Å². The van der Waals surface area contributed by atoms with Crippen molar-refractivity contribution in [2.45, 2.75) is 47.4 Å². The minimum absolute atomic E-state index is 0.0307. The summed E-state index contributed by atoms with van der Waals surface area (Å²) in [5, 5.41) is 12.2.